The molecule has 4 nitrogen and oxygen atoms in total. The van der Waals surface area contributed by atoms with Crippen LogP contribution in [0.15, 0.2) is 42.5 Å². The first-order valence-electron chi connectivity index (χ1n) is 6.58. The average Bonchev–Trinajstić information content (AvgIpc) is 2.50. The van der Waals surface area contributed by atoms with E-state index in [1.165, 1.54) is 0 Å². The summed E-state index contributed by atoms with van der Waals surface area (Å²) in [5, 5.41) is 15.7. The Labute approximate surface area is 138 Å². The van der Waals surface area contributed by atoms with Crippen LogP contribution < -0.4 is 10.6 Å². The van der Waals surface area contributed by atoms with E-state index in [1.807, 2.05) is 6.07 Å². The van der Waals surface area contributed by atoms with Gasteiger partial charge in [0.2, 0.25) is 5.91 Å². The van der Waals surface area contributed by atoms with Crippen molar-refractivity contribution in [2.45, 2.75) is 6.42 Å². The number of benzene rings is 2. The lowest BCUT2D eigenvalue weighted by molar-refractivity contribution is -0.115. The predicted molar refractivity (Wildman–Crippen MR) is 89.4 cm³/mol. The van der Waals surface area contributed by atoms with Crippen molar-refractivity contribution in [1.29, 1.82) is 5.26 Å². The Kier molecular flexibility index (Phi) is 5.65. The highest BCUT2D eigenvalue weighted by molar-refractivity contribution is 6.36. The molecule has 0 bridgehead atoms. The molecule has 2 aromatic carbocycles. The normalized spacial score (nSPS) is 9.86. The van der Waals surface area contributed by atoms with Crippen molar-refractivity contribution in [3.63, 3.8) is 0 Å². The molecule has 0 aliphatic heterocycles. The van der Waals surface area contributed by atoms with Gasteiger partial charge in [-0.15, -0.1) is 0 Å². The number of halogens is 2. The van der Waals surface area contributed by atoms with Gasteiger partial charge in [0.1, 0.15) is 6.07 Å². The number of rotatable bonds is 5. The largest absolute Gasteiger partial charge is 0.383 e. The molecule has 6 heteroatoms. The minimum Gasteiger partial charge on any atom is -0.383 e. The lowest BCUT2D eigenvalue weighted by Crippen LogP contribution is -2.16. The summed E-state index contributed by atoms with van der Waals surface area (Å²) in [4.78, 5) is 11.9. The molecule has 0 spiro atoms. The smallest absolute Gasteiger partial charge is 0.226 e. The van der Waals surface area contributed by atoms with E-state index in [4.69, 9.17) is 28.5 Å². The van der Waals surface area contributed by atoms with Crippen molar-refractivity contribution in [2.24, 2.45) is 0 Å². The minimum atomic E-state index is -0.175. The number of nitriles is 1. The number of amides is 1. The molecule has 0 saturated heterocycles. The molecule has 0 atom stereocenters. The van der Waals surface area contributed by atoms with Gasteiger partial charge in [-0.2, -0.15) is 5.26 Å². The van der Waals surface area contributed by atoms with Gasteiger partial charge in [0.05, 0.1) is 22.0 Å². The zero-order valence-electron chi connectivity index (χ0n) is 11.6. The van der Waals surface area contributed by atoms with Crippen LogP contribution in [0, 0.1) is 11.3 Å². The van der Waals surface area contributed by atoms with Gasteiger partial charge in [-0.3, -0.25) is 4.79 Å². The fraction of sp³-hybridized carbons (Fsp3) is 0.125. The average molecular weight is 334 g/mol. The monoisotopic (exact) mass is 333 g/mol. The summed E-state index contributed by atoms with van der Waals surface area (Å²) in [7, 11) is 0. The lowest BCUT2D eigenvalue weighted by atomic mass is 10.2. The van der Waals surface area contributed by atoms with Gasteiger partial charge in [-0.05, 0) is 30.3 Å². The molecule has 112 valence electrons. The van der Waals surface area contributed by atoms with Gasteiger partial charge in [0.15, 0.2) is 0 Å². The second kappa shape index (κ2) is 7.69. The van der Waals surface area contributed by atoms with E-state index in [0.717, 1.165) is 0 Å². The summed E-state index contributed by atoms with van der Waals surface area (Å²) in [5.41, 5.74) is 1.78. The molecule has 22 heavy (non-hydrogen) atoms. The Balaban J connectivity index is 1.87. The number of anilines is 2. The SMILES string of the molecule is N#Cc1ccccc1NCCC(=O)Nc1ccc(Cl)cc1Cl. The maximum atomic E-state index is 11.9. The third kappa shape index (κ3) is 4.39. The molecular weight excluding hydrogens is 321 g/mol. The molecule has 0 heterocycles. The van der Waals surface area contributed by atoms with Crippen molar-refractivity contribution in [1.82, 2.24) is 0 Å². The summed E-state index contributed by atoms with van der Waals surface area (Å²) in [5.74, 6) is -0.175. The van der Waals surface area contributed by atoms with E-state index in [9.17, 15) is 4.79 Å². The predicted octanol–water partition coefficient (Wildman–Crippen LogP) is 4.31. The number of hydrogen-bond acceptors (Lipinski definition) is 3. The van der Waals surface area contributed by atoms with Crippen LogP contribution in [0.25, 0.3) is 0 Å². The summed E-state index contributed by atoms with van der Waals surface area (Å²) in [6.07, 6.45) is 0.249. The van der Waals surface area contributed by atoms with E-state index in [1.54, 1.807) is 36.4 Å². The van der Waals surface area contributed by atoms with Crippen LogP contribution in [-0.2, 0) is 4.79 Å². The Morgan fingerprint density at radius 3 is 2.64 bits per heavy atom. The fourth-order valence-corrected chi connectivity index (χ4v) is 2.30. The molecule has 0 radical (unpaired) electrons. The zero-order valence-corrected chi connectivity index (χ0v) is 13.1. The maximum Gasteiger partial charge on any atom is 0.226 e. The van der Waals surface area contributed by atoms with Gasteiger partial charge >= 0.3 is 0 Å². The molecule has 0 aromatic heterocycles. The van der Waals surface area contributed by atoms with E-state index >= 15 is 0 Å². The number of nitrogens with zero attached hydrogens (tertiary/aromatic N) is 1. The van der Waals surface area contributed by atoms with Crippen LogP contribution in [0.4, 0.5) is 11.4 Å². The highest BCUT2D eigenvalue weighted by atomic mass is 35.5. The van der Waals surface area contributed by atoms with Gasteiger partial charge in [-0.25, -0.2) is 0 Å². The second-order valence-electron chi connectivity index (χ2n) is 4.51. The van der Waals surface area contributed by atoms with Gasteiger partial charge in [-0.1, -0.05) is 35.3 Å². The Morgan fingerprint density at radius 2 is 1.91 bits per heavy atom. The van der Waals surface area contributed by atoms with Gasteiger partial charge in [0, 0.05) is 18.0 Å². The molecular formula is C16H13Cl2N3O. The molecule has 0 saturated carbocycles. The zero-order chi connectivity index (χ0) is 15.9. The van der Waals surface area contributed by atoms with Crippen molar-refractivity contribution in [3.05, 3.63) is 58.1 Å². The number of carbonyl (C=O) groups excluding carboxylic acids is 1. The molecule has 0 unspecified atom stereocenters. The molecule has 0 fully saturated rings. The molecule has 2 N–H and O–H groups in total. The standard InChI is InChI=1S/C16H13Cl2N3O/c17-12-5-6-15(13(18)9-12)21-16(22)7-8-20-14-4-2-1-3-11(14)10-19/h1-6,9,20H,7-8H2,(H,21,22). The van der Waals surface area contributed by atoms with Crippen molar-refractivity contribution >= 4 is 40.5 Å². The number of hydrogen-bond donors (Lipinski definition) is 2. The van der Waals surface area contributed by atoms with Gasteiger partial charge in [0.25, 0.3) is 0 Å². The highest BCUT2D eigenvalue weighted by Gasteiger charge is 2.07. The topological polar surface area (TPSA) is 64.9 Å². The van der Waals surface area contributed by atoms with E-state index < -0.39 is 0 Å². The first-order valence-corrected chi connectivity index (χ1v) is 7.33. The number of nitrogens with one attached hydrogen (secondary N) is 2. The first-order chi connectivity index (χ1) is 10.6. The molecule has 0 aliphatic carbocycles. The van der Waals surface area contributed by atoms with Crippen molar-refractivity contribution in [2.75, 3.05) is 17.2 Å². The van der Waals surface area contributed by atoms with E-state index in [-0.39, 0.29) is 12.3 Å². The lowest BCUT2D eigenvalue weighted by Gasteiger charge is -2.09. The summed E-state index contributed by atoms with van der Waals surface area (Å²) in [6, 6.07) is 14.1. The molecule has 2 rings (SSSR count). The number of para-hydroxylation sites is 1. The van der Waals surface area contributed by atoms with E-state index in [2.05, 4.69) is 16.7 Å². The van der Waals surface area contributed by atoms with Crippen LogP contribution in [0.5, 0.6) is 0 Å². The highest BCUT2D eigenvalue weighted by Crippen LogP contribution is 2.25. The van der Waals surface area contributed by atoms with Crippen LogP contribution in [0.3, 0.4) is 0 Å². The van der Waals surface area contributed by atoms with Crippen molar-refractivity contribution in [3.8, 4) is 6.07 Å². The van der Waals surface area contributed by atoms with E-state index in [0.29, 0.717) is 33.5 Å². The van der Waals surface area contributed by atoms with Crippen LogP contribution in [-0.4, -0.2) is 12.5 Å². The Hall–Kier alpha value is -2.22. The van der Waals surface area contributed by atoms with Crippen LogP contribution in [0.2, 0.25) is 10.0 Å². The second-order valence-corrected chi connectivity index (χ2v) is 5.35. The van der Waals surface area contributed by atoms with Crippen molar-refractivity contribution < 1.29 is 4.79 Å². The first kappa shape index (κ1) is 16.2. The summed E-state index contributed by atoms with van der Waals surface area (Å²) < 4.78 is 0. The third-order valence-corrected chi connectivity index (χ3v) is 3.47. The Bertz CT molecular complexity index is 726. The summed E-state index contributed by atoms with van der Waals surface area (Å²) >= 11 is 11.8. The maximum absolute atomic E-state index is 11.9. The molecule has 1 amide bonds. The number of carbonyl (C=O) groups is 1. The quantitative estimate of drug-likeness (QED) is 0.856. The third-order valence-electron chi connectivity index (χ3n) is 2.92. The Morgan fingerprint density at radius 1 is 1.14 bits per heavy atom. The fourth-order valence-electron chi connectivity index (χ4n) is 1.85. The molecule has 0 aliphatic rings. The van der Waals surface area contributed by atoms with Gasteiger partial charge < -0.3 is 10.6 Å². The van der Waals surface area contributed by atoms with Crippen LogP contribution in [0.1, 0.15) is 12.0 Å². The minimum absolute atomic E-state index is 0.175. The van der Waals surface area contributed by atoms with Crippen LogP contribution >= 0.6 is 23.2 Å². The summed E-state index contributed by atoms with van der Waals surface area (Å²) in [6.45, 7) is 0.412. The molecule has 2 aromatic rings.